The molecule has 0 aliphatic carbocycles. The number of hydroxylamine groups is 1. The van der Waals surface area contributed by atoms with Gasteiger partial charge in [-0.1, -0.05) is 24.3 Å². The van der Waals surface area contributed by atoms with Gasteiger partial charge in [-0.05, 0) is 56.9 Å². The highest BCUT2D eigenvalue weighted by atomic mass is 35.5. The summed E-state index contributed by atoms with van der Waals surface area (Å²) in [5, 5.41) is 0.740. The zero-order chi connectivity index (χ0) is 22.6. The Morgan fingerprint density at radius 1 is 1.09 bits per heavy atom. The Morgan fingerprint density at radius 3 is 2.44 bits per heavy atom. The van der Waals surface area contributed by atoms with Crippen molar-refractivity contribution in [1.29, 1.82) is 0 Å². The molecule has 0 spiro atoms. The van der Waals surface area contributed by atoms with Crippen molar-refractivity contribution in [2.45, 2.75) is 17.7 Å². The van der Waals surface area contributed by atoms with E-state index in [1.54, 1.807) is 30.3 Å². The first kappa shape index (κ1) is 25.3. The van der Waals surface area contributed by atoms with Crippen LogP contribution in [0.1, 0.15) is 18.4 Å². The van der Waals surface area contributed by atoms with E-state index in [1.165, 1.54) is 31.5 Å². The lowest BCUT2D eigenvalue weighted by Gasteiger charge is -2.29. The summed E-state index contributed by atoms with van der Waals surface area (Å²) in [4.78, 5) is 37.2. The Hall–Kier alpha value is -2.95. The highest BCUT2D eigenvalue weighted by molar-refractivity contribution is 7.89. The lowest BCUT2D eigenvalue weighted by atomic mass is 10.2. The minimum Gasteiger partial charge on any atom is -0.331 e. The van der Waals surface area contributed by atoms with E-state index < -0.39 is 21.9 Å². The molecular formula is C21H25ClN4O5S. The number of pyridine rings is 1. The van der Waals surface area contributed by atoms with Crippen LogP contribution in [0.3, 0.4) is 0 Å². The van der Waals surface area contributed by atoms with Crippen molar-refractivity contribution in [2.24, 2.45) is 0 Å². The fourth-order valence-electron chi connectivity index (χ4n) is 3.00. The second-order valence-corrected chi connectivity index (χ2v) is 9.14. The van der Waals surface area contributed by atoms with E-state index in [4.69, 9.17) is 4.84 Å². The maximum absolute atomic E-state index is 13.4. The third-order valence-electron chi connectivity index (χ3n) is 4.63. The van der Waals surface area contributed by atoms with Gasteiger partial charge in [-0.15, -0.1) is 17.5 Å². The highest BCUT2D eigenvalue weighted by Gasteiger charge is 2.36. The molecule has 1 aliphatic rings. The summed E-state index contributed by atoms with van der Waals surface area (Å²) in [5.41, 5.74) is 0.215. The number of sulfonamides is 1. The van der Waals surface area contributed by atoms with Gasteiger partial charge in [0.15, 0.2) is 5.82 Å². The number of amides is 1. The van der Waals surface area contributed by atoms with E-state index in [2.05, 4.69) is 4.98 Å². The number of hydrogen-bond donors (Lipinski definition) is 0. The van der Waals surface area contributed by atoms with E-state index in [1.807, 2.05) is 19.0 Å². The molecule has 0 radical (unpaired) electrons. The van der Waals surface area contributed by atoms with Gasteiger partial charge in [0.25, 0.3) is 10.0 Å². The standard InChI is InChI=1S/C21H24N4O5S.ClH/c1-23(2)14-8-12-20(26)30-25(19-11-6-7-13-22-19)21(27)17-15-16-9-4-5-10-18(16)31(28,29)24(17)3;/h4-7,9-11,13,15H,8,12,14H2,1-3H3;1H. The van der Waals surface area contributed by atoms with Gasteiger partial charge < -0.3 is 9.74 Å². The topological polar surface area (TPSA) is 100 Å². The molecule has 0 fully saturated rings. The largest absolute Gasteiger partial charge is 0.333 e. The summed E-state index contributed by atoms with van der Waals surface area (Å²) in [6.45, 7) is 0.676. The smallest absolute Gasteiger partial charge is 0.331 e. The van der Waals surface area contributed by atoms with Crippen LogP contribution >= 0.6 is 12.4 Å². The van der Waals surface area contributed by atoms with Gasteiger partial charge in [0.2, 0.25) is 0 Å². The Labute approximate surface area is 193 Å². The normalized spacial score (nSPS) is 14.1. The number of carbonyl (C=O) groups excluding carboxylic acids is 2. The van der Waals surface area contributed by atoms with Crippen molar-refractivity contribution < 1.29 is 22.8 Å². The van der Waals surface area contributed by atoms with E-state index in [0.717, 1.165) is 9.37 Å². The predicted octanol–water partition coefficient (Wildman–Crippen LogP) is 2.31. The number of likely N-dealkylation sites (N-methyl/N-ethyl adjacent to an activating group) is 1. The quantitative estimate of drug-likeness (QED) is 0.585. The van der Waals surface area contributed by atoms with Crippen LogP contribution in [-0.2, 0) is 24.4 Å². The lowest BCUT2D eigenvalue weighted by molar-refractivity contribution is -0.150. The minimum absolute atomic E-state index is 0. The Bertz CT molecular complexity index is 1110. The number of fused-ring (bicyclic) bond motifs is 1. The van der Waals surface area contributed by atoms with Crippen molar-refractivity contribution in [1.82, 2.24) is 14.2 Å². The molecule has 1 amide bonds. The molecule has 9 nitrogen and oxygen atoms in total. The van der Waals surface area contributed by atoms with Gasteiger partial charge >= 0.3 is 11.9 Å². The molecule has 32 heavy (non-hydrogen) atoms. The molecule has 0 saturated heterocycles. The van der Waals surface area contributed by atoms with Crippen LogP contribution in [0.5, 0.6) is 0 Å². The molecule has 1 aliphatic heterocycles. The molecule has 0 bridgehead atoms. The van der Waals surface area contributed by atoms with Crippen molar-refractivity contribution in [3.8, 4) is 0 Å². The molecule has 11 heteroatoms. The fourth-order valence-corrected chi connectivity index (χ4v) is 4.36. The molecule has 1 aromatic heterocycles. The summed E-state index contributed by atoms with van der Waals surface area (Å²) in [5.74, 6) is -1.37. The summed E-state index contributed by atoms with van der Waals surface area (Å²) in [7, 11) is 1.13. The van der Waals surface area contributed by atoms with Crippen LogP contribution in [0, 0.1) is 0 Å². The Balaban J connectivity index is 0.00000363. The lowest BCUT2D eigenvalue weighted by Crippen LogP contribution is -2.42. The van der Waals surface area contributed by atoms with Gasteiger partial charge in [0, 0.05) is 19.7 Å². The van der Waals surface area contributed by atoms with Crippen LogP contribution in [0.2, 0.25) is 0 Å². The molecule has 2 aromatic rings. The van der Waals surface area contributed by atoms with Crippen LogP contribution < -0.4 is 5.06 Å². The van der Waals surface area contributed by atoms with E-state index in [9.17, 15) is 18.0 Å². The second kappa shape index (κ2) is 10.6. The summed E-state index contributed by atoms with van der Waals surface area (Å²) >= 11 is 0. The average molecular weight is 481 g/mol. The maximum atomic E-state index is 13.4. The first-order valence-corrected chi connectivity index (χ1v) is 11.1. The first-order valence-electron chi connectivity index (χ1n) is 9.62. The van der Waals surface area contributed by atoms with Crippen molar-refractivity contribution in [3.05, 3.63) is 59.9 Å². The molecule has 1 aromatic carbocycles. The van der Waals surface area contributed by atoms with Gasteiger partial charge in [-0.2, -0.15) is 0 Å². The van der Waals surface area contributed by atoms with Crippen molar-refractivity contribution in [3.63, 3.8) is 0 Å². The molecule has 0 saturated carbocycles. The van der Waals surface area contributed by atoms with Gasteiger partial charge in [-0.3, -0.25) is 9.10 Å². The molecule has 0 unspecified atom stereocenters. The van der Waals surface area contributed by atoms with Crippen LogP contribution in [0.25, 0.3) is 6.08 Å². The van der Waals surface area contributed by atoms with E-state index >= 15 is 0 Å². The average Bonchev–Trinajstić information content (AvgIpc) is 2.74. The van der Waals surface area contributed by atoms with E-state index in [-0.39, 0.29) is 35.2 Å². The number of benzene rings is 1. The van der Waals surface area contributed by atoms with E-state index in [0.29, 0.717) is 18.5 Å². The number of carbonyl (C=O) groups is 2. The fraction of sp³-hybridized carbons (Fsp3) is 0.286. The Kier molecular flexibility index (Phi) is 8.37. The SMILES string of the molecule is CN(C)CCCC(=O)ON(C(=O)C1=Cc2ccccc2S(=O)(=O)N1C)c1ccccn1.Cl. The molecular weight excluding hydrogens is 456 g/mol. The molecule has 2 heterocycles. The van der Waals surface area contributed by atoms with Gasteiger partial charge in [0.1, 0.15) is 5.70 Å². The molecule has 172 valence electrons. The number of aromatic nitrogens is 1. The first-order chi connectivity index (χ1) is 14.7. The minimum atomic E-state index is -3.93. The number of anilines is 1. The molecule has 0 atom stereocenters. The zero-order valence-electron chi connectivity index (χ0n) is 18.0. The van der Waals surface area contributed by atoms with Crippen molar-refractivity contribution >= 4 is 46.2 Å². The predicted molar refractivity (Wildman–Crippen MR) is 122 cm³/mol. The highest BCUT2D eigenvalue weighted by Crippen LogP contribution is 2.31. The molecule has 0 N–H and O–H groups in total. The van der Waals surface area contributed by atoms with Crippen LogP contribution in [0.4, 0.5) is 5.82 Å². The molecule has 3 rings (SSSR count). The van der Waals surface area contributed by atoms with Gasteiger partial charge in [0.05, 0.1) is 4.90 Å². The zero-order valence-corrected chi connectivity index (χ0v) is 19.6. The number of nitrogens with zero attached hydrogens (tertiary/aromatic N) is 4. The summed E-state index contributed by atoms with van der Waals surface area (Å²) < 4.78 is 26.7. The Morgan fingerprint density at radius 2 is 1.78 bits per heavy atom. The van der Waals surface area contributed by atoms with Crippen molar-refractivity contribution in [2.75, 3.05) is 32.8 Å². The second-order valence-electron chi connectivity index (χ2n) is 7.20. The third kappa shape index (κ3) is 5.45. The summed E-state index contributed by atoms with van der Waals surface area (Å²) in [6, 6.07) is 11.1. The third-order valence-corrected chi connectivity index (χ3v) is 6.47. The number of hydrogen-bond acceptors (Lipinski definition) is 7. The maximum Gasteiger partial charge on any atom is 0.333 e. The van der Waals surface area contributed by atoms with Gasteiger partial charge in [-0.25, -0.2) is 18.2 Å². The number of rotatable bonds is 6. The summed E-state index contributed by atoms with van der Waals surface area (Å²) in [6.07, 6.45) is 3.53. The van der Waals surface area contributed by atoms with Crippen LogP contribution in [0.15, 0.2) is 59.3 Å². The van der Waals surface area contributed by atoms with Crippen LogP contribution in [-0.4, -0.2) is 62.2 Å². The number of halogens is 1. The monoisotopic (exact) mass is 480 g/mol.